The quantitative estimate of drug-likeness (QED) is 0.533. The van der Waals surface area contributed by atoms with Crippen LogP contribution in [0.1, 0.15) is 20.8 Å². The van der Waals surface area contributed by atoms with Gasteiger partial charge in [0, 0.05) is 12.6 Å². The van der Waals surface area contributed by atoms with Crippen LogP contribution in [-0.4, -0.2) is 34.5 Å². The molecule has 0 bridgehead atoms. The van der Waals surface area contributed by atoms with Crippen molar-refractivity contribution in [2.45, 2.75) is 26.8 Å². The molecule has 0 aromatic rings. The second-order valence-electron chi connectivity index (χ2n) is 3.43. The molecule has 80 valence electrons. The Kier molecular flexibility index (Phi) is 4.91. The summed E-state index contributed by atoms with van der Waals surface area (Å²) in [5.41, 5.74) is 0. The summed E-state index contributed by atoms with van der Waals surface area (Å²) < 4.78 is 0. The van der Waals surface area contributed by atoms with Crippen molar-refractivity contribution in [3.8, 4) is 0 Å². The minimum atomic E-state index is -1.09. The Morgan fingerprint density at radius 2 is 1.93 bits per heavy atom. The zero-order valence-electron chi connectivity index (χ0n) is 8.86. The van der Waals surface area contributed by atoms with Crippen LogP contribution in [-0.2, 0) is 9.59 Å². The van der Waals surface area contributed by atoms with E-state index in [1.54, 1.807) is 6.08 Å². The topological polar surface area (TPSA) is 57.6 Å². The van der Waals surface area contributed by atoms with Gasteiger partial charge in [0.1, 0.15) is 5.92 Å². The van der Waals surface area contributed by atoms with Gasteiger partial charge in [0.25, 0.3) is 0 Å². The highest BCUT2D eigenvalue weighted by Crippen LogP contribution is 2.07. The lowest BCUT2D eigenvalue weighted by Gasteiger charge is -2.26. The van der Waals surface area contributed by atoms with Crippen molar-refractivity contribution in [3.63, 3.8) is 0 Å². The number of carboxylic acid groups (broad SMARTS) is 1. The van der Waals surface area contributed by atoms with Crippen molar-refractivity contribution in [2.24, 2.45) is 5.92 Å². The van der Waals surface area contributed by atoms with E-state index in [0.717, 1.165) is 0 Å². The van der Waals surface area contributed by atoms with Gasteiger partial charge in [0.05, 0.1) is 0 Å². The normalized spacial score (nSPS) is 12.3. The molecular weight excluding hydrogens is 182 g/mol. The first-order chi connectivity index (χ1) is 6.41. The number of carbonyl (C=O) groups is 2. The van der Waals surface area contributed by atoms with Gasteiger partial charge in [0.2, 0.25) is 5.91 Å². The molecular formula is C10H17NO3. The maximum absolute atomic E-state index is 11.6. The van der Waals surface area contributed by atoms with Gasteiger partial charge in [-0.3, -0.25) is 9.59 Å². The Morgan fingerprint density at radius 3 is 2.21 bits per heavy atom. The summed E-state index contributed by atoms with van der Waals surface area (Å²) >= 11 is 0. The van der Waals surface area contributed by atoms with E-state index in [0.29, 0.717) is 6.54 Å². The molecule has 1 amide bonds. The van der Waals surface area contributed by atoms with Gasteiger partial charge in [-0.15, -0.1) is 6.58 Å². The third-order valence-electron chi connectivity index (χ3n) is 1.97. The molecule has 1 atom stereocenters. The Labute approximate surface area is 84.2 Å². The van der Waals surface area contributed by atoms with E-state index in [1.807, 2.05) is 13.8 Å². The first-order valence-electron chi connectivity index (χ1n) is 4.56. The Hall–Kier alpha value is -1.32. The van der Waals surface area contributed by atoms with E-state index in [1.165, 1.54) is 11.8 Å². The molecule has 0 heterocycles. The van der Waals surface area contributed by atoms with E-state index in [4.69, 9.17) is 5.11 Å². The molecule has 0 saturated heterocycles. The average molecular weight is 199 g/mol. The minimum Gasteiger partial charge on any atom is -0.481 e. The lowest BCUT2D eigenvalue weighted by atomic mass is 10.1. The largest absolute Gasteiger partial charge is 0.481 e. The number of nitrogens with zero attached hydrogens (tertiary/aromatic N) is 1. The fourth-order valence-corrected chi connectivity index (χ4v) is 1.05. The van der Waals surface area contributed by atoms with E-state index < -0.39 is 11.9 Å². The molecule has 4 nitrogen and oxygen atoms in total. The monoisotopic (exact) mass is 199 g/mol. The van der Waals surface area contributed by atoms with E-state index in [-0.39, 0.29) is 11.9 Å². The maximum atomic E-state index is 11.6. The second-order valence-corrected chi connectivity index (χ2v) is 3.43. The third kappa shape index (κ3) is 3.20. The van der Waals surface area contributed by atoms with Gasteiger partial charge in [0.15, 0.2) is 0 Å². The first-order valence-corrected chi connectivity index (χ1v) is 4.56. The van der Waals surface area contributed by atoms with Gasteiger partial charge in [-0.05, 0) is 20.8 Å². The van der Waals surface area contributed by atoms with Crippen molar-refractivity contribution in [3.05, 3.63) is 12.7 Å². The van der Waals surface area contributed by atoms with Crippen LogP contribution in [0.5, 0.6) is 0 Å². The van der Waals surface area contributed by atoms with Crippen LogP contribution in [0.4, 0.5) is 0 Å². The maximum Gasteiger partial charge on any atom is 0.315 e. The molecule has 4 heteroatoms. The second kappa shape index (κ2) is 5.42. The van der Waals surface area contributed by atoms with Gasteiger partial charge >= 0.3 is 5.97 Å². The van der Waals surface area contributed by atoms with Crippen LogP contribution in [0.2, 0.25) is 0 Å². The number of carbonyl (C=O) groups excluding carboxylic acids is 1. The predicted octanol–water partition coefficient (Wildman–Crippen LogP) is 1.13. The van der Waals surface area contributed by atoms with Crippen molar-refractivity contribution in [1.29, 1.82) is 0 Å². The van der Waals surface area contributed by atoms with Crippen LogP contribution < -0.4 is 0 Å². The zero-order chi connectivity index (χ0) is 11.3. The highest BCUT2D eigenvalue weighted by molar-refractivity contribution is 5.96. The molecule has 0 aromatic carbocycles. The standard InChI is InChI=1S/C10H17NO3/c1-5-6-11(7(2)3)9(12)8(4)10(13)14/h5,7-8H,1,6H2,2-4H3,(H,13,14). The molecule has 0 aliphatic rings. The summed E-state index contributed by atoms with van der Waals surface area (Å²) in [5.74, 6) is -2.45. The molecule has 0 spiro atoms. The van der Waals surface area contributed by atoms with Crippen LogP contribution in [0.3, 0.4) is 0 Å². The van der Waals surface area contributed by atoms with Crippen molar-refractivity contribution in [1.82, 2.24) is 4.90 Å². The van der Waals surface area contributed by atoms with E-state index in [9.17, 15) is 9.59 Å². The number of aliphatic carboxylic acids is 1. The summed E-state index contributed by atoms with van der Waals surface area (Å²) in [4.78, 5) is 23.7. The fourth-order valence-electron chi connectivity index (χ4n) is 1.05. The number of hydrogen-bond donors (Lipinski definition) is 1. The highest BCUT2D eigenvalue weighted by atomic mass is 16.4. The van der Waals surface area contributed by atoms with Crippen LogP contribution in [0.25, 0.3) is 0 Å². The van der Waals surface area contributed by atoms with Gasteiger partial charge in [-0.1, -0.05) is 6.08 Å². The summed E-state index contributed by atoms with van der Waals surface area (Å²) in [6.45, 7) is 8.99. The van der Waals surface area contributed by atoms with Gasteiger partial charge in [-0.25, -0.2) is 0 Å². The average Bonchev–Trinajstić information content (AvgIpc) is 2.11. The molecule has 0 aliphatic carbocycles. The molecule has 0 aromatic heterocycles. The SMILES string of the molecule is C=CCN(C(=O)C(C)C(=O)O)C(C)C. The van der Waals surface area contributed by atoms with Crippen LogP contribution in [0.15, 0.2) is 12.7 Å². The number of amides is 1. The molecule has 0 fully saturated rings. The van der Waals surface area contributed by atoms with Gasteiger partial charge in [-0.2, -0.15) is 0 Å². The zero-order valence-corrected chi connectivity index (χ0v) is 8.86. The Morgan fingerprint density at radius 1 is 1.43 bits per heavy atom. The van der Waals surface area contributed by atoms with Crippen molar-refractivity contribution in [2.75, 3.05) is 6.54 Å². The lowest BCUT2D eigenvalue weighted by molar-refractivity contribution is -0.150. The molecule has 1 unspecified atom stereocenters. The van der Waals surface area contributed by atoms with E-state index >= 15 is 0 Å². The van der Waals surface area contributed by atoms with Crippen LogP contribution >= 0.6 is 0 Å². The first kappa shape index (κ1) is 12.7. The minimum absolute atomic E-state index is 0.0118. The molecule has 0 aliphatic heterocycles. The van der Waals surface area contributed by atoms with Crippen molar-refractivity contribution >= 4 is 11.9 Å². The van der Waals surface area contributed by atoms with E-state index in [2.05, 4.69) is 6.58 Å². The number of rotatable bonds is 5. The molecule has 14 heavy (non-hydrogen) atoms. The third-order valence-corrected chi connectivity index (χ3v) is 1.97. The van der Waals surface area contributed by atoms with Crippen molar-refractivity contribution < 1.29 is 14.7 Å². The lowest BCUT2D eigenvalue weighted by Crippen LogP contribution is -2.42. The number of hydrogen-bond acceptors (Lipinski definition) is 2. The van der Waals surface area contributed by atoms with Gasteiger partial charge < -0.3 is 10.0 Å². The smallest absolute Gasteiger partial charge is 0.315 e. The number of carboxylic acids is 1. The summed E-state index contributed by atoms with van der Waals surface area (Å²) in [5, 5.41) is 8.68. The summed E-state index contributed by atoms with van der Waals surface area (Å²) in [6, 6.07) is -0.0118. The summed E-state index contributed by atoms with van der Waals surface area (Å²) in [6.07, 6.45) is 1.59. The fraction of sp³-hybridized carbons (Fsp3) is 0.600. The van der Waals surface area contributed by atoms with Crippen LogP contribution in [0, 0.1) is 5.92 Å². The molecule has 1 N–H and O–H groups in total. The molecule has 0 saturated carbocycles. The predicted molar refractivity (Wildman–Crippen MR) is 53.8 cm³/mol. The molecule has 0 rings (SSSR count). The molecule has 0 radical (unpaired) electrons. The Bertz CT molecular complexity index is 236. The Balaban J connectivity index is 4.58. The highest BCUT2D eigenvalue weighted by Gasteiger charge is 2.26. The summed E-state index contributed by atoms with van der Waals surface area (Å²) in [7, 11) is 0.